The zero-order valence-electron chi connectivity index (χ0n) is 24.3. The predicted octanol–water partition coefficient (Wildman–Crippen LogP) is 4.39. The highest BCUT2D eigenvalue weighted by molar-refractivity contribution is 5.99. The Labute approximate surface area is 235 Å². The van der Waals surface area contributed by atoms with E-state index in [0.29, 0.717) is 19.3 Å². The average molecular weight is 553 g/mol. The molecule has 0 aromatic heterocycles. The van der Waals surface area contributed by atoms with E-state index in [1.807, 2.05) is 13.8 Å². The van der Waals surface area contributed by atoms with Crippen LogP contribution in [0, 0.1) is 34.5 Å². The van der Waals surface area contributed by atoms with Crippen LogP contribution in [0.3, 0.4) is 0 Å². The first-order valence-corrected chi connectivity index (χ1v) is 14.9. The van der Waals surface area contributed by atoms with Gasteiger partial charge in [0.05, 0.1) is 12.0 Å². The van der Waals surface area contributed by atoms with Crippen molar-refractivity contribution in [2.75, 3.05) is 0 Å². The maximum Gasteiger partial charge on any atom is 0.350 e. The Bertz CT molecular complexity index is 1310. The number of rotatable bonds is 2. The lowest BCUT2D eigenvalue weighted by molar-refractivity contribution is -0.197. The molecule has 0 aromatic rings. The van der Waals surface area contributed by atoms with Gasteiger partial charge in [-0.1, -0.05) is 26.0 Å². The standard InChI is InChI=1S/C32H40O8/c1-16(33)38-31(6)17-11-18(23(12-17)37-27(31)36)21-9-10-29(4)20-7-8-24-28(2,3)39-25-13-26(35)40-32(24,25)14-19(20)22(34)15-30(21,29)5/h7-8,17-18,21,23-25H,9-15H2,1-6H3/t17-,18?,21-,23-,24+,25-,29+,30-,31-,32?/m1/s1. The number of allylic oxidation sites excluding steroid dienone is 2. The lowest BCUT2D eigenvalue weighted by atomic mass is 9.52. The maximum absolute atomic E-state index is 14.1. The molecule has 2 unspecified atom stereocenters. The smallest absolute Gasteiger partial charge is 0.350 e. The van der Waals surface area contributed by atoms with Crippen LogP contribution in [0.1, 0.15) is 86.5 Å². The molecule has 40 heavy (non-hydrogen) atoms. The van der Waals surface area contributed by atoms with Crippen molar-refractivity contribution in [3.8, 4) is 0 Å². The first kappa shape index (κ1) is 26.4. The Morgan fingerprint density at radius 3 is 2.52 bits per heavy atom. The van der Waals surface area contributed by atoms with Crippen molar-refractivity contribution >= 4 is 23.7 Å². The predicted molar refractivity (Wildman–Crippen MR) is 141 cm³/mol. The van der Waals surface area contributed by atoms with Crippen LogP contribution in [0.5, 0.6) is 0 Å². The zero-order chi connectivity index (χ0) is 28.6. The summed E-state index contributed by atoms with van der Waals surface area (Å²) < 4.78 is 24.0. The van der Waals surface area contributed by atoms with Crippen molar-refractivity contribution in [2.45, 2.75) is 115 Å². The SMILES string of the molecule is CC(=O)O[C@@]1(C)C(=O)O[C@@H]2C[C@H]1CC2[C@H]1CC[C@@]2(C)C3=C(CC45OC(=O)C[C@H]4OC(C)(C)[C@@H]5C=C3)C(=O)C[C@]12C. The number of fused-ring (bicyclic) bond motifs is 4. The Kier molecular flexibility index (Phi) is 5.20. The van der Waals surface area contributed by atoms with Crippen molar-refractivity contribution < 1.29 is 38.1 Å². The van der Waals surface area contributed by atoms with Crippen LogP contribution in [-0.4, -0.2) is 52.7 Å². The molecule has 5 fully saturated rings. The third kappa shape index (κ3) is 3.12. The summed E-state index contributed by atoms with van der Waals surface area (Å²) in [4.78, 5) is 51.5. The van der Waals surface area contributed by atoms with E-state index in [0.717, 1.165) is 30.4 Å². The van der Waals surface area contributed by atoms with Crippen LogP contribution in [-0.2, 0) is 38.1 Å². The van der Waals surface area contributed by atoms with Crippen LogP contribution in [0.15, 0.2) is 23.3 Å². The van der Waals surface area contributed by atoms with E-state index >= 15 is 0 Å². The maximum atomic E-state index is 14.1. The molecule has 2 bridgehead atoms. The molecule has 8 nitrogen and oxygen atoms in total. The van der Waals surface area contributed by atoms with Gasteiger partial charge in [-0.3, -0.25) is 14.4 Å². The molecule has 10 atom stereocenters. The van der Waals surface area contributed by atoms with Gasteiger partial charge >= 0.3 is 17.9 Å². The molecule has 216 valence electrons. The second-order valence-corrected chi connectivity index (χ2v) is 14.7. The quantitative estimate of drug-likeness (QED) is 0.367. The minimum atomic E-state index is -1.26. The highest BCUT2D eigenvalue weighted by Crippen LogP contribution is 2.70. The van der Waals surface area contributed by atoms with Gasteiger partial charge in [0.1, 0.15) is 12.2 Å². The largest absolute Gasteiger partial charge is 0.459 e. The fourth-order valence-corrected chi connectivity index (χ4v) is 10.4. The fourth-order valence-electron chi connectivity index (χ4n) is 10.4. The molecule has 1 spiro atoms. The van der Waals surface area contributed by atoms with Crippen LogP contribution >= 0.6 is 0 Å². The van der Waals surface area contributed by atoms with Crippen LogP contribution in [0.4, 0.5) is 0 Å². The second-order valence-electron chi connectivity index (χ2n) is 14.7. The van der Waals surface area contributed by atoms with Crippen molar-refractivity contribution in [1.82, 2.24) is 0 Å². The van der Waals surface area contributed by atoms with Crippen molar-refractivity contribution in [3.63, 3.8) is 0 Å². The molecule has 7 rings (SSSR count). The van der Waals surface area contributed by atoms with E-state index in [1.54, 1.807) is 6.92 Å². The Morgan fingerprint density at radius 2 is 1.80 bits per heavy atom. The summed E-state index contributed by atoms with van der Waals surface area (Å²) in [6.07, 6.45) is 8.00. The third-order valence-electron chi connectivity index (χ3n) is 12.5. The van der Waals surface area contributed by atoms with E-state index in [4.69, 9.17) is 18.9 Å². The number of hydrogen-bond acceptors (Lipinski definition) is 8. The van der Waals surface area contributed by atoms with Gasteiger partial charge in [0.25, 0.3) is 0 Å². The summed E-state index contributed by atoms with van der Waals surface area (Å²) in [6, 6.07) is 0. The van der Waals surface area contributed by atoms with Gasteiger partial charge in [0.15, 0.2) is 11.4 Å². The Hall–Kier alpha value is -2.48. The van der Waals surface area contributed by atoms with E-state index in [-0.39, 0.29) is 64.9 Å². The van der Waals surface area contributed by atoms with Gasteiger partial charge in [-0.25, -0.2) is 4.79 Å². The number of ketones is 1. The summed E-state index contributed by atoms with van der Waals surface area (Å²) in [5, 5.41) is 0. The van der Waals surface area contributed by atoms with E-state index < -0.39 is 28.7 Å². The zero-order valence-corrected chi connectivity index (χ0v) is 24.3. The molecule has 3 heterocycles. The van der Waals surface area contributed by atoms with Crippen molar-refractivity contribution in [2.24, 2.45) is 34.5 Å². The van der Waals surface area contributed by atoms with Crippen molar-refractivity contribution in [3.05, 3.63) is 23.3 Å². The number of carbonyl (C=O) groups excluding carboxylic acids is 4. The number of ether oxygens (including phenoxy) is 4. The summed E-state index contributed by atoms with van der Waals surface area (Å²) in [5.41, 5.74) is -1.32. The molecule has 2 saturated carbocycles. The average Bonchev–Trinajstić information content (AvgIpc) is 3.44. The highest BCUT2D eigenvalue weighted by atomic mass is 16.6. The molecule has 7 aliphatic rings. The lowest BCUT2D eigenvalue weighted by Gasteiger charge is -2.51. The van der Waals surface area contributed by atoms with Gasteiger partial charge in [-0.15, -0.1) is 0 Å². The molecule has 0 amide bonds. The first-order chi connectivity index (χ1) is 18.6. The van der Waals surface area contributed by atoms with Gasteiger partial charge < -0.3 is 18.9 Å². The normalized spacial score (nSPS) is 50.0. The second kappa shape index (κ2) is 7.87. The van der Waals surface area contributed by atoms with Gasteiger partial charge in [0, 0.05) is 37.2 Å². The van der Waals surface area contributed by atoms with Crippen LogP contribution in [0.2, 0.25) is 0 Å². The molecule has 4 aliphatic carbocycles. The van der Waals surface area contributed by atoms with Gasteiger partial charge in [0.2, 0.25) is 5.60 Å². The molecule has 3 aliphatic heterocycles. The summed E-state index contributed by atoms with van der Waals surface area (Å²) in [7, 11) is 0. The van der Waals surface area contributed by atoms with Gasteiger partial charge in [-0.05, 0) is 74.7 Å². The molecule has 3 saturated heterocycles. The third-order valence-corrected chi connectivity index (χ3v) is 12.5. The van der Waals surface area contributed by atoms with Crippen LogP contribution < -0.4 is 0 Å². The molecule has 0 radical (unpaired) electrons. The molecular weight excluding hydrogens is 512 g/mol. The Balaban J connectivity index is 1.25. The molecule has 0 N–H and O–H groups in total. The topological polar surface area (TPSA) is 105 Å². The van der Waals surface area contributed by atoms with Crippen LogP contribution in [0.25, 0.3) is 0 Å². The monoisotopic (exact) mass is 552 g/mol. The molecular formula is C32H40O8. The molecule has 0 aromatic carbocycles. The minimum absolute atomic E-state index is 0.0929. The van der Waals surface area contributed by atoms with E-state index in [2.05, 4.69) is 26.0 Å². The van der Waals surface area contributed by atoms with Gasteiger partial charge in [-0.2, -0.15) is 0 Å². The van der Waals surface area contributed by atoms with Crippen molar-refractivity contribution in [1.29, 1.82) is 0 Å². The summed E-state index contributed by atoms with van der Waals surface area (Å²) in [5.74, 6) is -1.02. The van der Waals surface area contributed by atoms with E-state index in [1.165, 1.54) is 6.92 Å². The minimum Gasteiger partial charge on any atom is -0.459 e. The Morgan fingerprint density at radius 1 is 1.05 bits per heavy atom. The molecule has 8 heteroatoms. The summed E-state index contributed by atoms with van der Waals surface area (Å²) in [6.45, 7) is 11.7. The number of hydrogen-bond donors (Lipinski definition) is 0. The fraction of sp³-hybridized carbons (Fsp3) is 0.750. The number of Topliss-reactive ketones (excluding diaryl/α,β-unsaturated/α-hetero) is 1. The van der Waals surface area contributed by atoms with E-state index in [9.17, 15) is 19.2 Å². The first-order valence-electron chi connectivity index (χ1n) is 14.9. The summed E-state index contributed by atoms with van der Waals surface area (Å²) >= 11 is 0. The lowest BCUT2D eigenvalue weighted by Crippen LogP contribution is -2.51. The number of carbonyl (C=O) groups is 4. The highest BCUT2D eigenvalue weighted by Gasteiger charge is 2.70. The number of esters is 3.